The molecule has 3 rings (SSSR count). The van der Waals surface area contributed by atoms with Crippen LogP contribution in [0.1, 0.15) is 11.6 Å². The summed E-state index contributed by atoms with van der Waals surface area (Å²) in [4.78, 5) is 1.82. The molecule has 1 fully saturated rings. The minimum Gasteiger partial charge on any atom is -0.303 e. The van der Waals surface area contributed by atoms with Crippen LogP contribution in [0.2, 0.25) is 0 Å². The molecule has 4 nitrogen and oxygen atoms in total. The zero-order valence-corrected chi connectivity index (χ0v) is 14.0. The Morgan fingerprint density at radius 2 is 1.71 bits per heavy atom. The largest absolute Gasteiger partial charge is 0.303 e. The quantitative estimate of drug-likeness (QED) is 0.853. The van der Waals surface area contributed by atoms with E-state index in [2.05, 4.69) is 4.90 Å². The van der Waals surface area contributed by atoms with E-state index in [4.69, 9.17) is 0 Å². The van der Waals surface area contributed by atoms with Crippen molar-refractivity contribution >= 4 is 10.0 Å². The molecular weight excluding hydrogens is 334 g/mol. The summed E-state index contributed by atoms with van der Waals surface area (Å²) in [5.41, 5.74) is 0.871. The van der Waals surface area contributed by atoms with E-state index in [-0.39, 0.29) is 17.5 Å². The third kappa shape index (κ3) is 3.19. The van der Waals surface area contributed by atoms with Crippen LogP contribution in [0.5, 0.6) is 0 Å². The molecule has 0 aromatic heterocycles. The Balaban J connectivity index is 2.02. The molecule has 128 valence electrons. The van der Waals surface area contributed by atoms with Crippen LogP contribution in [0, 0.1) is 11.6 Å². The first kappa shape index (κ1) is 17.0. The highest BCUT2D eigenvalue weighted by atomic mass is 32.2. The Labute approximate surface area is 140 Å². The summed E-state index contributed by atoms with van der Waals surface area (Å²) < 4.78 is 53.9. The zero-order chi connectivity index (χ0) is 17.3. The van der Waals surface area contributed by atoms with E-state index in [1.54, 1.807) is 0 Å². The lowest BCUT2D eigenvalue weighted by Gasteiger charge is -2.39. The molecule has 24 heavy (non-hydrogen) atoms. The highest BCUT2D eigenvalue weighted by molar-refractivity contribution is 7.89. The molecule has 0 spiro atoms. The molecule has 0 N–H and O–H groups in total. The van der Waals surface area contributed by atoms with Gasteiger partial charge in [0.05, 0.1) is 10.9 Å². The molecule has 0 bridgehead atoms. The van der Waals surface area contributed by atoms with Crippen LogP contribution < -0.4 is 0 Å². The van der Waals surface area contributed by atoms with E-state index >= 15 is 0 Å². The summed E-state index contributed by atoms with van der Waals surface area (Å²) in [5, 5.41) is 0. The van der Waals surface area contributed by atoms with Crippen molar-refractivity contribution in [2.75, 3.05) is 26.7 Å². The van der Waals surface area contributed by atoms with E-state index in [0.717, 1.165) is 23.8 Å². The molecule has 1 atom stereocenters. The minimum atomic E-state index is -3.92. The molecule has 2 aromatic rings. The summed E-state index contributed by atoms with van der Waals surface area (Å²) in [6.07, 6.45) is 0. The number of piperazine rings is 1. The maximum absolute atomic E-state index is 13.5. The van der Waals surface area contributed by atoms with Crippen LogP contribution in [0.15, 0.2) is 53.4 Å². The second kappa shape index (κ2) is 6.58. The summed E-state index contributed by atoms with van der Waals surface area (Å²) in [7, 11) is -1.99. The van der Waals surface area contributed by atoms with Crippen molar-refractivity contribution in [3.8, 4) is 0 Å². The number of likely N-dealkylation sites (N-methyl/N-ethyl adjacent to an activating group) is 1. The Hall–Kier alpha value is -1.83. The fourth-order valence-electron chi connectivity index (χ4n) is 2.91. The standard InChI is InChI=1S/C17H18F2N2O2S/c1-20-9-10-21(17(12-20)13-5-3-2-4-6-13)24(22,23)14-7-8-15(18)16(19)11-14/h2-8,11,17H,9-10,12H2,1H3. The van der Waals surface area contributed by atoms with Gasteiger partial charge in [0.2, 0.25) is 10.0 Å². The average molecular weight is 352 g/mol. The van der Waals surface area contributed by atoms with Gasteiger partial charge in [-0.3, -0.25) is 0 Å². The lowest BCUT2D eigenvalue weighted by Crippen LogP contribution is -2.49. The van der Waals surface area contributed by atoms with Crippen molar-refractivity contribution in [1.82, 2.24) is 9.21 Å². The van der Waals surface area contributed by atoms with Crippen molar-refractivity contribution in [2.45, 2.75) is 10.9 Å². The van der Waals surface area contributed by atoms with E-state index in [1.165, 1.54) is 4.31 Å². The molecule has 1 aliphatic rings. The predicted molar refractivity (Wildman–Crippen MR) is 86.9 cm³/mol. The van der Waals surface area contributed by atoms with Crippen molar-refractivity contribution in [2.24, 2.45) is 0 Å². The molecule has 1 heterocycles. The van der Waals surface area contributed by atoms with E-state index in [0.29, 0.717) is 13.1 Å². The van der Waals surface area contributed by atoms with Gasteiger partial charge in [0.15, 0.2) is 11.6 Å². The third-order valence-corrected chi connectivity index (χ3v) is 6.12. The van der Waals surface area contributed by atoms with Crippen LogP contribution in [0.25, 0.3) is 0 Å². The van der Waals surface area contributed by atoms with Crippen molar-refractivity contribution in [1.29, 1.82) is 0 Å². The highest BCUT2D eigenvalue weighted by Crippen LogP contribution is 2.31. The summed E-state index contributed by atoms with van der Waals surface area (Å²) in [5.74, 6) is -2.23. The predicted octanol–water partition coefficient (Wildman–Crippen LogP) is 2.64. The van der Waals surface area contributed by atoms with Gasteiger partial charge < -0.3 is 4.90 Å². The number of halogens is 2. The maximum atomic E-state index is 13.5. The summed E-state index contributed by atoms with van der Waals surface area (Å²) in [6.45, 7) is 1.40. The first-order valence-corrected chi connectivity index (χ1v) is 9.04. The Bertz CT molecular complexity index is 828. The minimum absolute atomic E-state index is 0.230. The first-order chi connectivity index (χ1) is 11.4. The fourth-order valence-corrected chi connectivity index (χ4v) is 4.52. The molecule has 2 aromatic carbocycles. The van der Waals surface area contributed by atoms with Gasteiger partial charge in [-0.25, -0.2) is 17.2 Å². The molecule has 1 aliphatic heterocycles. The molecular formula is C17H18F2N2O2S. The number of hydrogen-bond donors (Lipinski definition) is 0. The lowest BCUT2D eigenvalue weighted by molar-refractivity contribution is 0.160. The van der Waals surface area contributed by atoms with Gasteiger partial charge in [-0.05, 0) is 30.8 Å². The normalized spacial score (nSPS) is 20.2. The molecule has 0 saturated carbocycles. The number of rotatable bonds is 3. The second-order valence-corrected chi connectivity index (χ2v) is 7.77. The summed E-state index contributed by atoms with van der Waals surface area (Å²) >= 11 is 0. The molecule has 7 heteroatoms. The molecule has 0 aliphatic carbocycles. The van der Waals surface area contributed by atoms with Gasteiger partial charge in [0.1, 0.15) is 0 Å². The Morgan fingerprint density at radius 1 is 1.00 bits per heavy atom. The number of hydrogen-bond acceptors (Lipinski definition) is 3. The molecule has 1 saturated heterocycles. The molecule has 0 radical (unpaired) electrons. The van der Waals surface area contributed by atoms with Gasteiger partial charge in [0, 0.05) is 19.6 Å². The van der Waals surface area contributed by atoms with Gasteiger partial charge in [-0.2, -0.15) is 4.31 Å². The summed E-state index contributed by atoms with van der Waals surface area (Å²) in [6, 6.07) is 11.6. The average Bonchev–Trinajstić information content (AvgIpc) is 2.57. The van der Waals surface area contributed by atoms with Gasteiger partial charge in [0.25, 0.3) is 0 Å². The fraction of sp³-hybridized carbons (Fsp3) is 0.294. The topological polar surface area (TPSA) is 40.6 Å². The van der Waals surface area contributed by atoms with E-state index in [1.807, 2.05) is 37.4 Å². The smallest absolute Gasteiger partial charge is 0.243 e. The number of benzene rings is 2. The maximum Gasteiger partial charge on any atom is 0.243 e. The van der Waals surface area contributed by atoms with Gasteiger partial charge in [-0.15, -0.1) is 0 Å². The van der Waals surface area contributed by atoms with Crippen LogP contribution in [-0.2, 0) is 10.0 Å². The SMILES string of the molecule is CN1CCN(S(=O)(=O)c2ccc(F)c(F)c2)C(c2ccccc2)C1. The van der Waals surface area contributed by atoms with Crippen molar-refractivity contribution in [3.63, 3.8) is 0 Å². The molecule has 0 amide bonds. The number of sulfonamides is 1. The number of nitrogens with zero attached hydrogens (tertiary/aromatic N) is 2. The van der Waals surface area contributed by atoms with Crippen molar-refractivity contribution < 1.29 is 17.2 Å². The van der Waals surface area contributed by atoms with Crippen LogP contribution in [-0.4, -0.2) is 44.3 Å². The highest BCUT2D eigenvalue weighted by Gasteiger charge is 2.36. The van der Waals surface area contributed by atoms with Crippen LogP contribution in [0.3, 0.4) is 0 Å². The van der Waals surface area contributed by atoms with Crippen molar-refractivity contribution in [3.05, 3.63) is 65.7 Å². The first-order valence-electron chi connectivity index (χ1n) is 7.60. The lowest BCUT2D eigenvalue weighted by atomic mass is 10.1. The Kier molecular flexibility index (Phi) is 4.67. The van der Waals surface area contributed by atoms with E-state index in [9.17, 15) is 17.2 Å². The van der Waals surface area contributed by atoms with E-state index < -0.39 is 21.7 Å². The van der Waals surface area contributed by atoms with Gasteiger partial charge >= 0.3 is 0 Å². The van der Waals surface area contributed by atoms with Gasteiger partial charge in [-0.1, -0.05) is 30.3 Å². The monoisotopic (exact) mass is 352 g/mol. The van der Waals surface area contributed by atoms with Crippen LogP contribution >= 0.6 is 0 Å². The van der Waals surface area contributed by atoms with Crippen LogP contribution in [0.4, 0.5) is 8.78 Å². The second-order valence-electron chi connectivity index (χ2n) is 5.88. The zero-order valence-electron chi connectivity index (χ0n) is 13.2. The Morgan fingerprint density at radius 3 is 2.38 bits per heavy atom. The molecule has 1 unspecified atom stereocenters. The third-order valence-electron chi connectivity index (χ3n) is 4.22.